The normalized spacial score (nSPS) is 25.3. The highest BCUT2D eigenvalue weighted by atomic mass is 16.7. The monoisotopic (exact) mass is 379 g/mol. The van der Waals surface area contributed by atoms with Gasteiger partial charge in [0.05, 0.1) is 22.4 Å². The van der Waals surface area contributed by atoms with E-state index in [-0.39, 0.29) is 0 Å². The van der Waals surface area contributed by atoms with Crippen molar-refractivity contribution in [2.24, 2.45) is 0 Å². The van der Waals surface area contributed by atoms with Crippen molar-refractivity contribution in [2.45, 2.75) is 98.6 Å². The molecule has 0 aromatic carbocycles. The van der Waals surface area contributed by atoms with Gasteiger partial charge >= 0.3 is 14.2 Å². The Hall–Kier alpha value is -0.330. The molecule has 0 N–H and O–H groups in total. The van der Waals surface area contributed by atoms with Crippen LogP contribution in [-0.2, 0) is 18.6 Å². The first-order valence-corrected chi connectivity index (χ1v) is 10.3. The van der Waals surface area contributed by atoms with Crippen molar-refractivity contribution in [3.05, 3.63) is 10.9 Å². The third-order valence-corrected chi connectivity index (χ3v) is 6.86. The van der Waals surface area contributed by atoms with E-state index < -0.39 is 36.6 Å². The summed E-state index contributed by atoms with van der Waals surface area (Å²) in [5.41, 5.74) is -0.413. The molecule has 2 fully saturated rings. The number of likely N-dealkylation sites (N-methyl/N-ethyl adjacent to an activating group) is 1. The second-order valence-electron chi connectivity index (χ2n) is 9.87. The van der Waals surface area contributed by atoms with Crippen molar-refractivity contribution in [3.8, 4) is 0 Å². The van der Waals surface area contributed by atoms with Gasteiger partial charge in [-0.2, -0.15) is 0 Å². The molecule has 0 aromatic rings. The Morgan fingerprint density at radius 1 is 0.667 bits per heavy atom. The van der Waals surface area contributed by atoms with Gasteiger partial charge in [-0.05, 0) is 80.8 Å². The van der Waals surface area contributed by atoms with Gasteiger partial charge in [-0.25, -0.2) is 0 Å². The topological polar surface area (TPSA) is 40.2 Å². The molecule has 0 atom stereocenters. The minimum absolute atomic E-state index is 0.401. The van der Waals surface area contributed by atoms with Crippen LogP contribution in [0.4, 0.5) is 0 Å². The predicted molar refractivity (Wildman–Crippen MR) is 113 cm³/mol. The lowest BCUT2D eigenvalue weighted by Gasteiger charge is -2.32. The van der Waals surface area contributed by atoms with Gasteiger partial charge in [0.15, 0.2) is 0 Å². The molecule has 0 aliphatic carbocycles. The highest BCUT2D eigenvalue weighted by Gasteiger charge is 2.59. The minimum atomic E-state index is -0.472. The summed E-state index contributed by atoms with van der Waals surface area (Å²) in [5, 5.41) is 0.971. The van der Waals surface area contributed by atoms with Crippen LogP contribution >= 0.6 is 0 Å². The Morgan fingerprint density at radius 2 is 0.963 bits per heavy atom. The lowest BCUT2D eigenvalue weighted by Crippen LogP contribution is -2.41. The Labute approximate surface area is 167 Å². The van der Waals surface area contributed by atoms with E-state index in [1.165, 1.54) is 5.57 Å². The maximum absolute atomic E-state index is 6.39. The molecule has 5 nitrogen and oxygen atoms in total. The lowest BCUT2D eigenvalue weighted by atomic mass is 9.55. The van der Waals surface area contributed by atoms with Crippen LogP contribution in [-0.4, -0.2) is 61.2 Å². The molecule has 2 aliphatic heterocycles. The van der Waals surface area contributed by atoms with Crippen LogP contribution in [0.2, 0.25) is 0 Å². The standard InChI is InChI=1S/C20H39B2NO4/c1-12-23(13-2)14-15(3)16(21-24-17(4,5)18(6,7)25-21)22-26-19(8,9)20(10,11)27-22/h12-14H2,1-11H3. The second kappa shape index (κ2) is 7.49. The molecule has 154 valence electrons. The molecule has 2 saturated heterocycles. The van der Waals surface area contributed by atoms with Crippen molar-refractivity contribution in [1.82, 2.24) is 4.90 Å². The van der Waals surface area contributed by atoms with E-state index in [4.69, 9.17) is 18.6 Å². The third-order valence-electron chi connectivity index (χ3n) is 6.86. The molecule has 0 spiro atoms. The van der Waals surface area contributed by atoms with Crippen molar-refractivity contribution >= 4 is 14.2 Å². The number of hydrogen-bond acceptors (Lipinski definition) is 5. The van der Waals surface area contributed by atoms with Gasteiger partial charge in [0.1, 0.15) is 0 Å². The molecular formula is C20H39B2NO4. The average molecular weight is 379 g/mol. The molecule has 2 heterocycles. The molecule has 2 rings (SSSR count). The highest BCUT2D eigenvalue weighted by molar-refractivity contribution is 6.78. The number of rotatable bonds is 6. The van der Waals surface area contributed by atoms with Crippen LogP contribution in [0.5, 0.6) is 0 Å². The summed E-state index contributed by atoms with van der Waals surface area (Å²) < 4.78 is 25.5. The van der Waals surface area contributed by atoms with E-state index in [0.717, 1.165) is 25.0 Å². The molecule has 2 aliphatic rings. The maximum Gasteiger partial charge on any atom is 0.486 e. The first-order valence-electron chi connectivity index (χ1n) is 10.3. The molecular weight excluding hydrogens is 340 g/mol. The average Bonchev–Trinajstić information content (AvgIpc) is 2.84. The van der Waals surface area contributed by atoms with Gasteiger partial charge in [-0.3, -0.25) is 0 Å². The quantitative estimate of drug-likeness (QED) is 0.655. The van der Waals surface area contributed by atoms with Crippen LogP contribution in [0.3, 0.4) is 0 Å². The summed E-state index contributed by atoms with van der Waals surface area (Å²) in [6, 6.07) is 0. The Morgan fingerprint density at radius 3 is 1.22 bits per heavy atom. The molecule has 27 heavy (non-hydrogen) atoms. The van der Waals surface area contributed by atoms with E-state index in [1.807, 2.05) is 0 Å². The molecule has 0 amide bonds. The van der Waals surface area contributed by atoms with Crippen molar-refractivity contribution < 1.29 is 18.6 Å². The van der Waals surface area contributed by atoms with Gasteiger partial charge in [0.25, 0.3) is 0 Å². The summed E-state index contributed by atoms with van der Waals surface area (Å²) in [5.74, 6) is 0. The lowest BCUT2D eigenvalue weighted by molar-refractivity contribution is 0.00578. The van der Waals surface area contributed by atoms with E-state index in [9.17, 15) is 0 Å². The van der Waals surface area contributed by atoms with E-state index in [1.54, 1.807) is 0 Å². The zero-order valence-corrected chi connectivity index (χ0v) is 19.4. The molecule has 0 radical (unpaired) electrons. The fraction of sp³-hybridized carbons (Fsp3) is 0.900. The van der Waals surface area contributed by atoms with Crippen LogP contribution in [0.25, 0.3) is 0 Å². The van der Waals surface area contributed by atoms with Gasteiger partial charge < -0.3 is 23.5 Å². The van der Waals surface area contributed by atoms with E-state index in [2.05, 4.69) is 81.1 Å². The zero-order valence-electron chi connectivity index (χ0n) is 19.4. The predicted octanol–water partition coefficient (Wildman–Crippen LogP) is 3.91. The highest BCUT2D eigenvalue weighted by Crippen LogP contribution is 2.44. The number of hydrogen-bond donors (Lipinski definition) is 0. The summed E-state index contributed by atoms with van der Waals surface area (Å²) >= 11 is 0. The van der Waals surface area contributed by atoms with E-state index in [0.29, 0.717) is 0 Å². The molecule has 0 aromatic heterocycles. The zero-order chi connectivity index (χ0) is 20.8. The molecule has 0 saturated carbocycles. The smallest absolute Gasteiger partial charge is 0.400 e. The van der Waals surface area contributed by atoms with Crippen LogP contribution in [0.1, 0.15) is 76.2 Å². The Kier molecular flexibility index (Phi) is 6.37. The SMILES string of the molecule is CCN(CC)CC(C)=C(B1OC(C)(C)C(C)(C)O1)B1OC(C)(C)C(C)(C)O1. The van der Waals surface area contributed by atoms with Crippen molar-refractivity contribution in [1.29, 1.82) is 0 Å². The fourth-order valence-electron chi connectivity index (χ4n) is 3.33. The summed E-state index contributed by atoms with van der Waals surface area (Å²) in [6.45, 7) is 26.0. The van der Waals surface area contributed by atoms with Crippen molar-refractivity contribution in [3.63, 3.8) is 0 Å². The molecule has 0 unspecified atom stereocenters. The van der Waals surface area contributed by atoms with Crippen LogP contribution < -0.4 is 0 Å². The van der Waals surface area contributed by atoms with Gasteiger partial charge in [-0.1, -0.05) is 19.4 Å². The Bertz CT molecular complexity index is 513. The van der Waals surface area contributed by atoms with Gasteiger partial charge in [-0.15, -0.1) is 0 Å². The first kappa shape index (κ1) is 23.0. The fourth-order valence-corrected chi connectivity index (χ4v) is 3.33. The van der Waals surface area contributed by atoms with Crippen LogP contribution in [0, 0.1) is 0 Å². The maximum atomic E-state index is 6.39. The molecule has 0 bridgehead atoms. The van der Waals surface area contributed by atoms with Gasteiger partial charge in [0, 0.05) is 6.54 Å². The van der Waals surface area contributed by atoms with Crippen molar-refractivity contribution in [2.75, 3.05) is 19.6 Å². The second-order valence-corrected chi connectivity index (χ2v) is 9.87. The summed E-state index contributed by atoms with van der Waals surface area (Å²) in [6.07, 6.45) is 0. The first-order chi connectivity index (χ1) is 12.2. The summed E-state index contributed by atoms with van der Waals surface area (Å²) in [4.78, 5) is 2.38. The molecule has 7 heteroatoms. The Balaban J connectivity index is 2.42. The minimum Gasteiger partial charge on any atom is -0.400 e. The van der Waals surface area contributed by atoms with Gasteiger partial charge in [0.2, 0.25) is 0 Å². The van der Waals surface area contributed by atoms with Crippen LogP contribution in [0.15, 0.2) is 10.9 Å². The summed E-state index contributed by atoms with van der Waals surface area (Å²) in [7, 11) is -0.944. The number of nitrogens with zero attached hydrogens (tertiary/aromatic N) is 1. The van der Waals surface area contributed by atoms with E-state index >= 15 is 0 Å². The largest absolute Gasteiger partial charge is 0.486 e. The third kappa shape index (κ3) is 4.32.